The lowest BCUT2D eigenvalue weighted by Gasteiger charge is -2.07. The van der Waals surface area contributed by atoms with E-state index in [0.717, 1.165) is 16.8 Å². The van der Waals surface area contributed by atoms with Crippen molar-refractivity contribution in [2.75, 3.05) is 10.6 Å². The zero-order valence-electron chi connectivity index (χ0n) is 15.2. The van der Waals surface area contributed by atoms with Crippen molar-refractivity contribution in [3.8, 4) is 0 Å². The van der Waals surface area contributed by atoms with Crippen LogP contribution in [0.3, 0.4) is 0 Å². The van der Waals surface area contributed by atoms with Crippen LogP contribution in [0, 0.1) is 6.92 Å². The fraction of sp³-hybridized carbons (Fsp3) is 0.0455. The van der Waals surface area contributed by atoms with Gasteiger partial charge in [-0.15, -0.1) is 0 Å². The standard InChI is InChI=1S/C22H18N4O2/c1-14-6-5-9-17(12-14)23-22(28)16-10-11-19-18(13-16)20(26-25-19)24-21(27)15-7-3-2-4-8-15/h2-13H,1H3,(H,23,28)(H2,24,25,26,27). The van der Waals surface area contributed by atoms with Crippen molar-refractivity contribution in [1.82, 2.24) is 10.2 Å². The van der Waals surface area contributed by atoms with Gasteiger partial charge >= 0.3 is 0 Å². The topological polar surface area (TPSA) is 86.9 Å². The SMILES string of the molecule is Cc1cccc(NC(=O)c2ccc3[nH]nc(NC(=O)c4ccccc4)c3c2)c1. The van der Waals surface area contributed by atoms with Crippen LogP contribution in [0.25, 0.3) is 10.9 Å². The summed E-state index contributed by atoms with van der Waals surface area (Å²) < 4.78 is 0. The van der Waals surface area contributed by atoms with E-state index in [9.17, 15) is 9.59 Å². The van der Waals surface area contributed by atoms with Gasteiger partial charge in [0.2, 0.25) is 0 Å². The molecule has 1 heterocycles. The number of benzene rings is 3. The number of fused-ring (bicyclic) bond motifs is 1. The summed E-state index contributed by atoms with van der Waals surface area (Å²) in [6.07, 6.45) is 0. The van der Waals surface area contributed by atoms with Crippen LogP contribution in [0.5, 0.6) is 0 Å². The van der Waals surface area contributed by atoms with Crippen LogP contribution in [0.15, 0.2) is 72.8 Å². The molecule has 0 saturated heterocycles. The first-order valence-corrected chi connectivity index (χ1v) is 8.83. The van der Waals surface area contributed by atoms with E-state index >= 15 is 0 Å². The quantitative estimate of drug-likeness (QED) is 0.498. The van der Waals surface area contributed by atoms with Gasteiger partial charge in [0.05, 0.1) is 5.52 Å². The van der Waals surface area contributed by atoms with Crippen LogP contribution >= 0.6 is 0 Å². The van der Waals surface area contributed by atoms with Crippen LogP contribution in [0.4, 0.5) is 11.5 Å². The Morgan fingerprint density at radius 2 is 1.61 bits per heavy atom. The van der Waals surface area contributed by atoms with Gasteiger partial charge in [0.1, 0.15) is 0 Å². The summed E-state index contributed by atoms with van der Waals surface area (Å²) in [6.45, 7) is 1.97. The molecule has 0 aliphatic rings. The van der Waals surface area contributed by atoms with Gasteiger partial charge < -0.3 is 10.6 Å². The molecule has 2 amide bonds. The van der Waals surface area contributed by atoms with E-state index in [1.807, 2.05) is 37.3 Å². The third-order valence-corrected chi connectivity index (χ3v) is 4.37. The van der Waals surface area contributed by atoms with Gasteiger partial charge in [0.15, 0.2) is 5.82 Å². The first kappa shape index (κ1) is 17.5. The van der Waals surface area contributed by atoms with Gasteiger partial charge in [0, 0.05) is 22.2 Å². The van der Waals surface area contributed by atoms with Gasteiger partial charge in [-0.2, -0.15) is 5.10 Å². The molecule has 3 N–H and O–H groups in total. The van der Waals surface area contributed by atoms with Crippen molar-refractivity contribution >= 4 is 34.2 Å². The number of anilines is 2. The molecule has 0 fully saturated rings. The Balaban J connectivity index is 1.59. The number of aromatic amines is 1. The van der Waals surface area contributed by atoms with Crippen molar-refractivity contribution in [2.24, 2.45) is 0 Å². The van der Waals surface area contributed by atoms with E-state index < -0.39 is 0 Å². The van der Waals surface area contributed by atoms with Crippen molar-refractivity contribution in [3.63, 3.8) is 0 Å². The van der Waals surface area contributed by atoms with Crippen LogP contribution in [0.1, 0.15) is 26.3 Å². The molecule has 0 unspecified atom stereocenters. The minimum atomic E-state index is -0.261. The lowest BCUT2D eigenvalue weighted by molar-refractivity contribution is 0.101. The summed E-state index contributed by atoms with van der Waals surface area (Å²) in [5.41, 5.74) is 3.54. The van der Waals surface area contributed by atoms with E-state index in [1.165, 1.54) is 0 Å². The summed E-state index contributed by atoms with van der Waals surface area (Å²) in [4.78, 5) is 25.0. The van der Waals surface area contributed by atoms with E-state index in [1.54, 1.807) is 42.5 Å². The van der Waals surface area contributed by atoms with Gasteiger partial charge in [-0.3, -0.25) is 14.7 Å². The number of carbonyl (C=O) groups excluding carboxylic acids is 2. The molecule has 3 aromatic carbocycles. The van der Waals surface area contributed by atoms with E-state index in [0.29, 0.717) is 22.3 Å². The number of nitrogens with zero attached hydrogens (tertiary/aromatic N) is 1. The third-order valence-electron chi connectivity index (χ3n) is 4.37. The molecule has 0 atom stereocenters. The van der Waals surface area contributed by atoms with Gasteiger partial charge in [0.25, 0.3) is 11.8 Å². The molecule has 28 heavy (non-hydrogen) atoms. The number of aryl methyl sites for hydroxylation is 1. The van der Waals surface area contributed by atoms with Crippen LogP contribution in [-0.4, -0.2) is 22.0 Å². The lowest BCUT2D eigenvalue weighted by atomic mass is 10.1. The van der Waals surface area contributed by atoms with Crippen LogP contribution in [0.2, 0.25) is 0 Å². The predicted octanol–water partition coefficient (Wildman–Crippen LogP) is 4.38. The Morgan fingerprint density at radius 3 is 2.39 bits per heavy atom. The van der Waals surface area contributed by atoms with Gasteiger partial charge in [-0.05, 0) is 55.0 Å². The Kier molecular flexibility index (Phi) is 4.60. The first-order chi connectivity index (χ1) is 13.6. The number of aromatic nitrogens is 2. The molecule has 0 radical (unpaired) electrons. The molecule has 4 rings (SSSR count). The summed E-state index contributed by atoms with van der Waals surface area (Å²) in [5.74, 6) is -0.105. The molecule has 0 saturated carbocycles. The highest BCUT2D eigenvalue weighted by Gasteiger charge is 2.14. The van der Waals surface area contributed by atoms with E-state index in [4.69, 9.17) is 0 Å². The molecule has 0 spiro atoms. The summed E-state index contributed by atoms with van der Waals surface area (Å²) in [6, 6.07) is 21.7. The van der Waals surface area contributed by atoms with E-state index in [2.05, 4.69) is 20.8 Å². The number of rotatable bonds is 4. The second-order valence-corrected chi connectivity index (χ2v) is 6.48. The van der Waals surface area contributed by atoms with Crippen molar-refractivity contribution in [3.05, 3.63) is 89.5 Å². The number of hydrogen-bond acceptors (Lipinski definition) is 3. The second kappa shape index (κ2) is 7.36. The second-order valence-electron chi connectivity index (χ2n) is 6.48. The average Bonchev–Trinajstić information content (AvgIpc) is 3.10. The minimum absolute atomic E-state index is 0.228. The number of amides is 2. The summed E-state index contributed by atoms with van der Waals surface area (Å²) >= 11 is 0. The molecular formula is C22H18N4O2. The molecule has 1 aromatic heterocycles. The minimum Gasteiger partial charge on any atom is -0.322 e. The zero-order chi connectivity index (χ0) is 19.5. The molecule has 0 aliphatic heterocycles. The molecule has 0 aliphatic carbocycles. The number of H-pyrrole nitrogens is 1. The molecular weight excluding hydrogens is 352 g/mol. The predicted molar refractivity (Wildman–Crippen MR) is 110 cm³/mol. The Bertz CT molecular complexity index is 1170. The first-order valence-electron chi connectivity index (χ1n) is 8.83. The van der Waals surface area contributed by atoms with E-state index in [-0.39, 0.29) is 11.8 Å². The smallest absolute Gasteiger partial charge is 0.256 e. The van der Waals surface area contributed by atoms with Crippen LogP contribution < -0.4 is 10.6 Å². The Labute approximate surface area is 161 Å². The molecule has 6 nitrogen and oxygen atoms in total. The van der Waals surface area contributed by atoms with Crippen molar-refractivity contribution < 1.29 is 9.59 Å². The Hall–Kier alpha value is -3.93. The highest BCUT2D eigenvalue weighted by Crippen LogP contribution is 2.23. The maximum atomic E-state index is 12.6. The molecule has 138 valence electrons. The normalized spacial score (nSPS) is 10.6. The lowest BCUT2D eigenvalue weighted by Crippen LogP contribution is -2.13. The van der Waals surface area contributed by atoms with Gasteiger partial charge in [-0.1, -0.05) is 30.3 Å². The summed E-state index contributed by atoms with van der Waals surface area (Å²) in [5, 5.41) is 13.4. The number of hydrogen-bond donors (Lipinski definition) is 3. The number of carbonyl (C=O) groups is 2. The van der Waals surface area contributed by atoms with Crippen LogP contribution in [-0.2, 0) is 0 Å². The maximum absolute atomic E-state index is 12.6. The molecule has 0 bridgehead atoms. The van der Waals surface area contributed by atoms with Crippen molar-refractivity contribution in [1.29, 1.82) is 0 Å². The number of nitrogens with one attached hydrogen (secondary N) is 3. The van der Waals surface area contributed by atoms with Crippen molar-refractivity contribution in [2.45, 2.75) is 6.92 Å². The van der Waals surface area contributed by atoms with Gasteiger partial charge in [-0.25, -0.2) is 0 Å². The maximum Gasteiger partial charge on any atom is 0.256 e. The summed E-state index contributed by atoms with van der Waals surface area (Å²) in [7, 11) is 0. The highest BCUT2D eigenvalue weighted by atomic mass is 16.2. The highest BCUT2D eigenvalue weighted by molar-refractivity contribution is 6.10. The molecule has 6 heteroatoms. The molecule has 4 aromatic rings. The fourth-order valence-corrected chi connectivity index (χ4v) is 2.95. The largest absolute Gasteiger partial charge is 0.322 e. The monoisotopic (exact) mass is 370 g/mol. The third kappa shape index (κ3) is 3.61. The Morgan fingerprint density at radius 1 is 0.821 bits per heavy atom. The zero-order valence-corrected chi connectivity index (χ0v) is 15.2. The average molecular weight is 370 g/mol. The fourth-order valence-electron chi connectivity index (χ4n) is 2.95.